The van der Waals surface area contributed by atoms with Crippen molar-refractivity contribution in [1.82, 2.24) is 10.2 Å². The van der Waals surface area contributed by atoms with E-state index in [1.807, 2.05) is 32.1 Å². The third-order valence-electron chi connectivity index (χ3n) is 8.33. The number of aromatic hydroxyl groups is 1. The average molecular weight is 531 g/mol. The molecule has 0 radical (unpaired) electrons. The minimum atomic E-state index is 0.140. The largest absolute Gasteiger partial charge is 0.508 e. The molecule has 0 bridgehead atoms. The van der Waals surface area contributed by atoms with Crippen molar-refractivity contribution >= 4 is 5.57 Å². The normalized spacial score (nSPS) is 18.6. The molecule has 0 saturated carbocycles. The fourth-order valence-electron chi connectivity index (χ4n) is 6.03. The van der Waals surface area contributed by atoms with E-state index in [9.17, 15) is 10.2 Å². The highest BCUT2D eigenvalue weighted by Crippen LogP contribution is 2.37. The summed E-state index contributed by atoms with van der Waals surface area (Å²) in [6.45, 7) is 10.8. The number of aliphatic hydroxyl groups excluding tert-OH is 1. The summed E-state index contributed by atoms with van der Waals surface area (Å²) < 4.78 is 6.14. The predicted molar refractivity (Wildman–Crippen MR) is 161 cm³/mol. The van der Waals surface area contributed by atoms with E-state index in [0.717, 1.165) is 54.0 Å². The first-order valence-electron chi connectivity index (χ1n) is 14.7. The minimum absolute atomic E-state index is 0.140. The summed E-state index contributed by atoms with van der Waals surface area (Å²) in [4.78, 5) is 2.60. The molecule has 1 spiro atoms. The van der Waals surface area contributed by atoms with Crippen molar-refractivity contribution in [2.45, 2.75) is 52.4 Å². The zero-order valence-corrected chi connectivity index (χ0v) is 23.8. The molecule has 210 valence electrons. The van der Waals surface area contributed by atoms with Crippen LogP contribution < -0.4 is 10.1 Å². The zero-order valence-electron chi connectivity index (χ0n) is 23.8. The Labute approximate surface area is 234 Å². The fraction of sp³-hybridized carbons (Fsp3) is 0.471. The maximum Gasteiger partial charge on any atom is 0.119 e. The highest BCUT2D eigenvalue weighted by molar-refractivity contribution is 5.85. The number of likely N-dealkylation sites (tertiary alicyclic amines) is 1. The van der Waals surface area contributed by atoms with Crippen molar-refractivity contribution in [3.05, 3.63) is 89.0 Å². The monoisotopic (exact) mass is 530 g/mol. The molecule has 0 aromatic heterocycles. The fourth-order valence-corrected chi connectivity index (χ4v) is 6.03. The summed E-state index contributed by atoms with van der Waals surface area (Å²) in [7, 11) is 0. The molecule has 2 aromatic rings. The van der Waals surface area contributed by atoms with Crippen LogP contribution in [-0.4, -0.2) is 61.1 Å². The van der Waals surface area contributed by atoms with E-state index in [2.05, 4.69) is 46.6 Å². The van der Waals surface area contributed by atoms with Crippen LogP contribution in [-0.2, 0) is 0 Å². The SMILES string of the molecule is C\C=C/C(=C\C)C(/CCCO)=C(/c1ccc(O)cc1)c1ccc(OCCCN2CCC3(CCNC3)CC2)cc1. The van der Waals surface area contributed by atoms with Gasteiger partial charge >= 0.3 is 0 Å². The molecule has 5 nitrogen and oxygen atoms in total. The Balaban J connectivity index is 1.44. The summed E-state index contributed by atoms with van der Waals surface area (Å²) in [6.07, 6.45) is 12.8. The molecule has 2 aliphatic heterocycles. The number of phenolic OH excluding ortho intramolecular Hbond substituents is 1. The molecular weight excluding hydrogens is 484 g/mol. The molecule has 0 atom stereocenters. The lowest BCUT2D eigenvalue weighted by Gasteiger charge is -2.38. The summed E-state index contributed by atoms with van der Waals surface area (Å²) in [5, 5.41) is 23.1. The molecule has 0 amide bonds. The Morgan fingerprint density at radius 1 is 0.974 bits per heavy atom. The van der Waals surface area contributed by atoms with Crippen molar-refractivity contribution in [2.75, 3.05) is 45.9 Å². The van der Waals surface area contributed by atoms with E-state index < -0.39 is 0 Å². The van der Waals surface area contributed by atoms with E-state index in [-0.39, 0.29) is 12.4 Å². The quantitative estimate of drug-likeness (QED) is 0.221. The van der Waals surface area contributed by atoms with Gasteiger partial charge in [-0.1, -0.05) is 42.5 Å². The lowest BCUT2D eigenvalue weighted by Crippen LogP contribution is -2.41. The van der Waals surface area contributed by atoms with Gasteiger partial charge in [-0.2, -0.15) is 0 Å². The molecule has 5 heteroatoms. The number of nitrogens with one attached hydrogen (secondary N) is 1. The van der Waals surface area contributed by atoms with Gasteiger partial charge in [-0.15, -0.1) is 0 Å². The van der Waals surface area contributed by atoms with Crippen LogP contribution in [0.1, 0.15) is 63.5 Å². The van der Waals surface area contributed by atoms with Gasteiger partial charge in [0.1, 0.15) is 11.5 Å². The van der Waals surface area contributed by atoms with Crippen LogP contribution in [0.4, 0.5) is 0 Å². The first-order chi connectivity index (χ1) is 19.1. The molecule has 4 rings (SSSR count). The Morgan fingerprint density at radius 2 is 1.67 bits per heavy atom. The highest BCUT2D eigenvalue weighted by atomic mass is 16.5. The van der Waals surface area contributed by atoms with Gasteiger partial charge in [0.05, 0.1) is 6.61 Å². The lowest BCUT2D eigenvalue weighted by atomic mass is 9.78. The molecule has 2 aromatic carbocycles. The molecule has 2 heterocycles. The number of allylic oxidation sites excluding steroid dienone is 5. The highest BCUT2D eigenvalue weighted by Gasteiger charge is 2.36. The number of piperidine rings is 1. The average Bonchev–Trinajstić information content (AvgIpc) is 3.42. The Bertz CT molecular complexity index is 1120. The molecular formula is C34H46N2O3. The van der Waals surface area contributed by atoms with Gasteiger partial charge in [-0.05, 0) is 130 Å². The Hall–Kier alpha value is -2.86. The molecule has 2 saturated heterocycles. The number of phenols is 1. The van der Waals surface area contributed by atoms with Gasteiger partial charge in [-0.25, -0.2) is 0 Å². The summed E-state index contributed by atoms with van der Waals surface area (Å²) >= 11 is 0. The Morgan fingerprint density at radius 3 is 2.26 bits per heavy atom. The third kappa shape index (κ3) is 7.84. The Kier molecular flexibility index (Phi) is 10.8. The van der Waals surface area contributed by atoms with Crippen LogP contribution >= 0.6 is 0 Å². The zero-order chi connectivity index (χ0) is 27.5. The molecule has 2 fully saturated rings. The first-order valence-corrected chi connectivity index (χ1v) is 14.7. The summed E-state index contributed by atoms with van der Waals surface area (Å²) in [5.41, 5.74) is 6.13. The second kappa shape index (κ2) is 14.5. The topological polar surface area (TPSA) is 65.0 Å². The maximum atomic E-state index is 9.91. The van der Waals surface area contributed by atoms with Crippen LogP contribution in [0.15, 0.2) is 77.9 Å². The number of ether oxygens (including phenoxy) is 1. The van der Waals surface area contributed by atoms with Crippen LogP contribution in [0.5, 0.6) is 11.5 Å². The van der Waals surface area contributed by atoms with Gasteiger partial charge in [-0.3, -0.25) is 0 Å². The van der Waals surface area contributed by atoms with Crippen LogP contribution in [0.25, 0.3) is 5.57 Å². The van der Waals surface area contributed by atoms with Gasteiger partial charge in [0, 0.05) is 19.7 Å². The first kappa shape index (κ1) is 29.1. The number of hydrogen-bond acceptors (Lipinski definition) is 5. The second-order valence-corrected chi connectivity index (χ2v) is 11.0. The number of hydrogen-bond donors (Lipinski definition) is 3. The summed E-state index contributed by atoms with van der Waals surface area (Å²) in [6, 6.07) is 15.7. The van der Waals surface area contributed by atoms with Gasteiger partial charge in [0.15, 0.2) is 0 Å². The molecule has 0 aliphatic carbocycles. The van der Waals surface area contributed by atoms with Gasteiger partial charge in [0.25, 0.3) is 0 Å². The van der Waals surface area contributed by atoms with E-state index in [0.29, 0.717) is 11.8 Å². The molecule has 3 N–H and O–H groups in total. The predicted octanol–water partition coefficient (Wildman–Crippen LogP) is 6.33. The third-order valence-corrected chi connectivity index (χ3v) is 8.33. The summed E-state index contributed by atoms with van der Waals surface area (Å²) in [5.74, 6) is 1.13. The van der Waals surface area contributed by atoms with Gasteiger partial charge in [0.2, 0.25) is 0 Å². The van der Waals surface area contributed by atoms with E-state index >= 15 is 0 Å². The van der Waals surface area contributed by atoms with E-state index in [1.165, 1.54) is 51.0 Å². The molecule has 39 heavy (non-hydrogen) atoms. The minimum Gasteiger partial charge on any atom is -0.508 e. The smallest absolute Gasteiger partial charge is 0.119 e. The standard InChI is InChI=1S/C34H46N2O3/c1-3-7-27(4-2)32(8-5-24-37)33(28-9-13-30(38)14-10-28)29-11-15-31(16-12-29)39-25-6-21-36-22-18-34(19-23-36)17-20-35-26-34/h3-4,7,9-16,35,37-38H,5-6,8,17-26H2,1-2H3/b7-3-,27-4+,33-32-. The molecule has 0 unspecified atom stereocenters. The molecule has 2 aliphatic rings. The van der Waals surface area contributed by atoms with E-state index in [4.69, 9.17) is 4.74 Å². The van der Waals surface area contributed by atoms with Crippen molar-refractivity contribution in [1.29, 1.82) is 0 Å². The second-order valence-electron chi connectivity index (χ2n) is 11.0. The number of benzene rings is 2. The van der Waals surface area contributed by atoms with Gasteiger partial charge < -0.3 is 25.2 Å². The number of rotatable bonds is 12. The van der Waals surface area contributed by atoms with Crippen molar-refractivity contribution in [3.63, 3.8) is 0 Å². The number of aliphatic hydroxyl groups is 1. The van der Waals surface area contributed by atoms with Crippen LogP contribution in [0.2, 0.25) is 0 Å². The van der Waals surface area contributed by atoms with Crippen molar-refractivity contribution in [3.8, 4) is 11.5 Å². The van der Waals surface area contributed by atoms with E-state index in [1.54, 1.807) is 12.1 Å². The maximum absolute atomic E-state index is 9.91. The van der Waals surface area contributed by atoms with Crippen LogP contribution in [0, 0.1) is 5.41 Å². The van der Waals surface area contributed by atoms with Crippen LogP contribution in [0.3, 0.4) is 0 Å². The van der Waals surface area contributed by atoms with Crippen molar-refractivity contribution in [2.24, 2.45) is 5.41 Å². The lowest BCUT2D eigenvalue weighted by molar-refractivity contribution is 0.113. The van der Waals surface area contributed by atoms with Crippen molar-refractivity contribution < 1.29 is 14.9 Å². The number of nitrogens with zero attached hydrogens (tertiary/aromatic N) is 1.